The smallest absolute Gasteiger partial charge is 0.548 e. The second-order valence-electron chi connectivity index (χ2n) is 3.35. The number of carbonyl (C=O) groups excluding carboxylic acids is 2. The minimum absolute atomic E-state index is 0. The van der Waals surface area contributed by atoms with E-state index >= 15 is 0 Å². The second kappa shape index (κ2) is 4.47. The summed E-state index contributed by atoms with van der Waals surface area (Å²) in [5.74, 6) is -1.10. The third kappa shape index (κ3) is 1.85. The van der Waals surface area contributed by atoms with Gasteiger partial charge in [-0.15, -0.1) is 11.8 Å². The van der Waals surface area contributed by atoms with Gasteiger partial charge in [-0.1, -0.05) is 6.58 Å². The monoisotopic (exact) mass is 236 g/mol. The average molecular weight is 236 g/mol. The zero-order valence-corrected chi connectivity index (χ0v) is 11.1. The summed E-state index contributed by atoms with van der Waals surface area (Å²) >= 11 is 1.44. The van der Waals surface area contributed by atoms with Gasteiger partial charge in [0.1, 0.15) is 11.4 Å². The van der Waals surface area contributed by atoms with Gasteiger partial charge < -0.3 is 20.5 Å². The van der Waals surface area contributed by atoms with Gasteiger partial charge in [0.2, 0.25) is 5.91 Å². The molecule has 0 spiro atoms. The van der Waals surface area contributed by atoms with Gasteiger partial charge in [-0.2, -0.15) is 0 Å². The maximum absolute atomic E-state index is 11.3. The van der Waals surface area contributed by atoms with Crippen LogP contribution in [0.3, 0.4) is 0 Å². The van der Waals surface area contributed by atoms with Gasteiger partial charge in [0.05, 0.1) is 12.0 Å². The Morgan fingerprint density at radius 3 is 2.80 bits per heavy atom. The van der Waals surface area contributed by atoms with Gasteiger partial charge in [0.15, 0.2) is 0 Å². The fourth-order valence-corrected chi connectivity index (χ4v) is 2.97. The number of fused-ring (bicyclic) bond motifs is 1. The summed E-state index contributed by atoms with van der Waals surface area (Å²) < 4.78 is 0. The van der Waals surface area contributed by atoms with E-state index in [4.69, 9.17) is 5.73 Å². The first kappa shape index (κ1) is 13.1. The molecule has 0 saturated carbocycles. The predicted molar refractivity (Wildman–Crippen MR) is 49.0 cm³/mol. The van der Waals surface area contributed by atoms with Crippen molar-refractivity contribution in [2.24, 2.45) is 5.73 Å². The van der Waals surface area contributed by atoms with E-state index in [1.807, 2.05) is 0 Å². The fraction of sp³-hybridized carbons (Fsp3) is 0.500. The molecule has 2 N–H and O–H groups in total. The van der Waals surface area contributed by atoms with E-state index in [2.05, 4.69) is 6.58 Å². The summed E-state index contributed by atoms with van der Waals surface area (Å²) in [6.45, 7) is 3.62. The Morgan fingerprint density at radius 1 is 1.67 bits per heavy atom. The number of nitrogens with two attached hydrogens (primary N) is 1. The first-order valence-electron chi connectivity index (χ1n) is 4.12. The number of amides is 1. The van der Waals surface area contributed by atoms with Crippen molar-refractivity contribution in [2.75, 3.05) is 5.75 Å². The number of carboxylic acids is 1. The standard InChI is InChI=1S/C8H10N2O3S.Na/c1-3-2-14-7-4(9)6(11)10(7)5(3)8(12)13;/h4-5,7H,1-2,9H2,(H,12,13);/q;+1/p-1/t4?,5?,7-;/m0./s1. The van der Waals surface area contributed by atoms with E-state index in [1.54, 1.807) is 0 Å². The van der Waals surface area contributed by atoms with Crippen LogP contribution in [0.25, 0.3) is 0 Å². The van der Waals surface area contributed by atoms with Crippen LogP contribution < -0.4 is 40.4 Å². The number of thioether (sulfide) groups is 1. The molecule has 76 valence electrons. The third-order valence-electron chi connectivity index (χ3n) is 2.45. The number of carboxylic acid groups (broad SMARTS) is 1. The number of carbonyl (C=O) groups is 2. The summed E-state index contributed by atoms with van der Waals surface area (Å²) in [5.41, 5.74) is 6.02. The number of nitrogens with zero attached hydrogens (tertiary/aromatic N) is 1. The molecule has 2 unspecified atom stereocenters. The molecule has 0 aliphatic carbocycles. The predicted octanol–water partition coefficient (Wildman–Crippen LogP) is -5.09. The molecule has 0 aromatic heterocycles. The molecular weight excluding hydrogens is 227 g/mol. The van der Waals surface area contributed by atoms with Crippen molar-refractivity contribution in [3.05, 3.63) is 12.2 Å². The Hall–Kier alpha value is -0.0100. The molecule has 0 bridgehead atoms. The van der Waals surface area contributed by atoms with E-state index in [0.717, 1.165) is 0 Å². The van der Waals surface area contributed by atoms with Gasteiger partial charge in [0, 0.05) is 5.75 Å². The van der Waals surface area contributed by atoms with Crippen LogP contribution in [0.15, 0.2) is 12.2 Å². The van der Waals surface area contributed by atoms with E-state index in [0.29, 0.717) is 11.3 Å². The number of β-lactam (4-membered cyclic amide) rings is 1. The molecular formula is C8H9N2NaO3S. The van der Waals surface area contributed by atoms with Crippen molar-refractivity contribution in [1.82, 2.24) is 4.90 Å². The first-order chi connectivity index (χ1) is 6.54. The third-order valence-corrected chi connectivity index (χ3v) is 3.85. The molecule has 2 aliphatic rings. The molecule has 1 amide bonds. The maximum Gasteiger partial charge on any atom is 1.00 e. The van der Waals surface area contributed by atoms with Crippen molar-refractivity contribution in [2.45, 2.75) is 17.5 Å². The molecule has 2 fully saturated rings. The molecule has 0 radical (unpaired) electrons. The summed E-state index contributed by atoms with van der Waals surface area (Å²) in [5, 5.41) is 10.6. The molecule has 2 heterocycles. The quantitative estimate of drug-likeness (QED) is 0.280. The molecule has 0 aromatic rings. The van der Waals surface area contributed by atoms with Gasteiger partial charge in [-0.25, -0.2) is 0 Å². The number of hydrogen-bond donors (Lipinski definition) is 1. The van der Waals surface area contributed by atoms with Crippen molar-refractivity contribution in [3.63, 3.8) is 0 Å². The summed E-state index contributed by atoms with van der Waals surface area (Å²) in [6.07, 6.45) is 0. The Bertz CT molecular complexity index is 336. The molecule has 7 heteroatoms. The summed E-state index contributed by atoms with van der Waals surface area (Å²) in [6, 6.07) is -1.57. The number of rotatable bonds is 1. The Labute approximate surface area is 113 Å². The van der Waals surface area contributed by atoms with Crippen LogP contribution >= 0.6 is 11.8 Å². The Morgan fingerprint density at radius 2 is 2.27 bits per heavy atom. The van der Waals surface area contributed by atoms with Crippen molar-refractivity contribution < 1.29 is 44.3 Å². The van der Waals surface area contributed by atoms with Gasteiger partial charge in [-0.3, -0.25) is 4.79 Å². The molecule has 15 heavy (non-hydrogen) atoms. The van der Waals surface area contributed by atoms with Crippen LogP contribution in [0.2, 0.25) is 0 Å². The Kier molecular flexibility index (Phi) is 3.89. The molecule has 2 saturated heterocycles. The van der Waals surface area contributed by atoms with Crippen LogP contribution in [-0.2, 0) is 9.59 Å². The van der Waals surface area contributed by atoms with E-state index in [9.17, 15) is 14.7 Å². The van der Waals surface area contributed by atoms with Crippen molar-refractivity contribution in [3.8, 4) is 0 Å². The molecule has 5 nitrogen and oxygen atoms in total. The van der Waals surface area contributed by atoms with E-state index in [-0.39, 0.29) is 40.8 Å². The first-order valence-corrected chi connectivity index (χ1v) is 5.17. The van der Waals surface area contributed by atoms with Gasteiger partial charge in [-0.05, 0) is 5.57 Å². The van der Waals surface area contributed by atoms with E-state index < -0.39 is 18.1 Å². The zero-order chi connectivity index (χ0) is 10.5. The van der Waals surface area contributed by atoms with Gasteiger partial charge >= 0.3 is 29.6 Å². The average Bonchev–Trinajstić information content (AvgIpc) is 2.15. The molecule has 2 aliphatic heterocycles. The minimum atomic E-state index is -1.28. The van der Waals surface area contributed by atoms with E-state index in [1.165, 1.54) is 16.7 Å². The Balaban J connectivity index is 0.00000112. The largest absolute Gasteiger partial charge is 1.00 e. The minimum Gasteiger partial charge on any atom is -0.548 e. The van der Waals surface area contributed by atoms with Crippen LogP contribution in [0.1, 0.15) is 0 Å². The molecule has 2 rings (SSSR count). The zero-order valence-electron chi connectivity index (χ0n) is 8.30. The second-order valence-corrected chi connectivity index (χ2v) is 4.46. The molecule has 3 atom stereocenters. The van der Waals surface area contributed by atoms with Gasteiger partial charge in [0.25, 0.3) is 0 Å². The van der Waals surface area contributed by atoms with Crippen LogP contribution in [-0.4, -0.2) is 40.0 Å². The van der Waals surface area contributed by atoms with Crippen molar-refractivity contribution >= 4 is 23.6 Å². The van der Waals surface area contributed by atoms with Crippen LogP contribution in [0.4, 0.5) is 0 Å². The fourth-order valence-electron chi connectivity index (χ4n) is 1.72. The number of hydrogen-bond acceptors (Lipinski definition) is 5. The van der Waals surface area contributed by atoms with Crippen molar-refractivity contribution in [1.29, 1.82) is 0 Å². The van der Waals surface area contributed by atoms with Crippen LogP contribution in [0, 0.1) is 0 Å². The molecule has 0 aromatic carbocycles. The number of aliphatic carboxylic acids is 1. The SMILES string of the molecule is C=C1CS[C@H]2C(N)C(=O)N2C1C(=O)[O-].[Na+]. The summed E-state index contributed by atoms with van der Waals surface area (Å²) in [4.78, 5) is 23.3. The summed E-state index contributed by atoms with van der Waals surface area (Å²) in [7, 11) is 0. The maximum atomic E-state index is 11.3. The van der Waals surface area contributed by atoms with Crippen LogP contribution in [0.5, 0.6) is 0 Å². The topological polar surface area (TPSA) is 86.5 Å². The normalized spacial score (nSPS) is 33.9.